The smallest absolute Gasteiger partial charge is 0.394 e. The average Bonchev–Trinajstić information content (AvgIpc) is 3.91. The molecule has 1 aromatic heterocycles. The minimum atomic E-state index is -5.12. The normalized spacial score (nSPS) is 17.8. The van der Waals surface area contributed by atoms with Crippen LogP contribution in [0.4, 0.5) is 0 Å². The number of aromatic nitrogens is 2. The Labute approximate surface area is 372 Å². The van der Waals surface area contributed by atoms with E-state index in [-0.39, 0.29) is 51.4 Å². The molecule has 1 fully saturated rings. The zero-order valence-electron chi connectivity index (χ0n) is 36.9. The summed E-state index contributed by atoms with van der Waals surface area (Å²) in [5.74, 6) is -5.36. The molecule has 0 saturated carbocycles. The number of phosphoric acid groups is 1. The largest absolute Gasteiger partial charge is 0.469 e. The van der Waals surface area contributed by atoms with Crippen LogP contribution >= 0.6 is 7.82 Å². The second-order valence-electron chi connectivity index (χ2n) is 16.7. The van der Waals surface area contributed by atoms with Crippen LogP contribution in [0.5, 0.6) is 0 Å². The zero-order valence-corrected chi connectivity index (χ0v) is 37.8. The highest BCUT2D eigenvalue weighted by atomic mass is 31.2. The summed E-state index contributed by atoms with van der Waals surface area (Å²) in [5.41, 5.74) is 6.01. The third-order valence-corrected chi connectivity index (χ3v) is 10.9. The number of rotatable bonds is 28. The molecular weight excluding hydrogens is 859 g/mol. The van der Waals surface area contributed by atoms with Crippen LogP contribution in [-0.2, 0) is 60.2 Å². The lowest BCUT2D eigenvalue weighted by molar-refractivity contribution is -0.142. The quantitative estimate of drug-likeness (QED) is 0.0365. The number of phosphoric ester groups is 1. The van der Waals surface area contributed by atoms with Crippen molar-refractivity contribution in [2.45, 2.75) is 128 Å². The predicted molar refractivity (Wildman–Crippen MR) is 229 cm³/mol. The number of unbranched alkanes of at least 4 members (excludes halogenated alkanes) is 1. The number of carbonyl (C=O) groups is 6. The fourth-order valence-electron chi connectivity index (χ4n) is 6.86. The number of amides is 6. The molecule has 1 unspecified atom stereocenters. The number of H-pyrrole nitrogens is 1. The third-order valence-electron chi connectivity index (χ3n) is 10.3. The highest BCUT2D eigenvalue weighted by Gasteiger charge is 2.42. The third kappa shape index (κ3) is 18.4. The minimum Gasteiger partial charge on any atom is -0.394 e. The van der Waals surface area contributed by atoms with Crippen LogP contribution in [0, 0.1) is 5.92 Å². The fourth-order valence-corrected chi connectivity index (χ4v) is 7.41. The maximum Gasteiger partial charge on any atom is 0.469 e. The van der Waals surface area contributed by atoms with Crippen molar-refractivity contribution in [1.82, 2.24) is 36.1 Å². The van der Waals surface area contributed by atoms with Crippen molar-refractivity contribution in [3.05, 3.63) is 54.1 Å². The number of nitrogens with two attached hydrogens (primary N) is 1. The van der Waals surface area contributed by atoms with Gasteiger partial charge in [-0.3, -0.25) is 33.3 Å². The first kappa shape index (κ1) is 53.5. The number of aryl methyl sites for hydroxylation is 1. The summed E-state index contributed by atoms with van der Waals surface area (Å²) in [4.78, 5) is 107. The summed E-state index contributed by atoms with van der Waals surface area (Å²) in [6, 6.07) is 2.77. The predicted octanol–water partition coefficient (Wildman–Crippen LogP) is -0.900. The van der Waals surface area contributed by atoms with E-state index in [9.17, 15) is 43.5 Å². The molecule has 22 nitrogen and oxygen atoms in total. The van der Waals surface area contributed by atoms with E-state index in [2.05, 4.69) is 47.9 Å². The first-order valence-corrected chi connectivity index (χ1v) is 22.7. The number of carbonyl (C=O) groups excluding carboxylic acids is 6. The van der Waals surface area contributed by atoms with Crippen LogP contribution < -0.4 is 27.0 Å². The number of hydrogen-bond acceptors (Lipinski definition) is 13. The number of likely N-dealkylation sites (tertiary alicyclic amines) is 1. The monoisotopic (exact) mass is 924 g/mol. The van der Waals surface area contributed by atoms with Gasteiger partial charge in [0.2, 0.25) is 35.4 Å². The number of aliphatic hydroxyl groups is 2. The number of hydrogen-bond donors (Lipinski definition) is 10. The number of primary amides is 1. The van der Waals surface area contributed by atoms with Crippen molar-refractivity contribution in [1.29, 1.82) is 0 Å². The van der Waals surface area contributed by atoms with Crippen LogP contribution in [0.15, 0.2) is 42.9 Å². The van der Waals surface area contributed by atoms with Crippen LogP contribution in [0.2, 0.25) is 0 Å². The topological polar surface area (TPSA) is 334 Å². The summed E-state index contributed by atoms with van der Waals surface area (Å²) in [6.45, 7) is 7.25. The van der Waals surface area contributed by atoms with E-state index in [1.54, 1.807) is 13.8 Å². The Morgan fingerprint density at radius 2 is 1.59 bits per heavy atom. The fraction of sp³-hybridized carbons (Fsp3) is 0.634. The molecule has 0 radical (unpaired) electrons. The molecule has 7 atom stereocenters. The molecule has 1 aliphatic rings. The van der Waals surface area contributed by atoms with Crippen LogP contribution in [0.3, 0.4) is 0 Å². The Morgan fingerprint density at radius 1 is 0.938 bits per heavy atom. The van der Waals surface area contributed by atoms with E-state index in [0.717, 1.165) is 26.2 Å². The molecule has 0 spiro atoms. The summed E-state index contributed by atoms with van der Waals surface area (Å²) in [7, 11) is -5.12. The molecule has 1 saturated heterocycles. The molecule has 358 valence electrons. The lowest BCUT2D eigenvalue weighted by atomic mass is 10.0. The number of benzene rings is 1. The number of imidazole rings is 1. The highest BCUT2D eigenvalue weighted by molar-refractivity contribution is 7.46. The van der Waals surface area contributed by atoms with Gasteiger partial charge in [0.25, 0.3) is 0 Å². The van der Waals surface area contributed by atoms with Gasteiger partial charge in [0.05, 0.1) is 50.4 Å². The maximum atomic E-state index is 14.2. The second-order valence-corrected chi connectivity index (χ2v) is 17.9. The van der Waals surface area contributed by atoms with Crippen molar-refractivity contribution >= 4 is 43.3 Å². The molecule has 1 aromatic carbocycles. The highest BCUT2D eigenvalue weighted by Crippen LogP contribution is 2.38. The Morgan fingerprint density at radius 3 is 2.19 bits per heavy atom. The average molecular weight is 925 g/mol. The lowest BCUT2D eigenvalue weighted by Crippen LogP contribution is -2.61. The van der Waals surface area contributed by atoms with Gasteiger partial charge in [-0.25, -0.2) is 9.55 Å². The van der Waals surface area contributed by atoms with Crippen molar-refractivity contribution < 1.29 is 67.3 Å². The molecule has 6 amide bonds. The lowest BCUT2D eigenvalue weighted by Gasteiger charge is -2.29. The Kier molecular flexibility index (Phi) is 21.4. The van der Waals surface area contributed by atoms with Crippen LogP contribution in [-0.4, -0.2) is 151 Å². The van der Waals surface area contributed by atoms with Gasteiger partial charge in [-0.2, -0.15) is 0 Å². The molecule has 23 heteroatoms. The van der Waals surface area contributed by atoms with Gasteiger partial charge >= 0.3 is 7.82 Å². The van der Waals surface area contributed by atoms with Crippen molar-refractivity contribution in [3.8, 4) is 0 Å². The summed E-state index contributed by atoms with van der Waals surface area (Å²) >= 11 is 0. The Hall–Kier alpha value is -4.80. The standard InChI is InChI=1S/C41H65N8O14P/c1-25(2)17-30(37(54)45-31(18-28-20-43-24-44-28)38(55)47-32(22-50)39(56)48-35(36(42)53)26(3)63-64(58,59)60)46-40(57)33-19-29(61-15-10-9-13-27-11-7-6-8-12-27)21-49(33)34(52)14-16-62-41(4,5)23-51/h6-8,11-12,20,24-26,29-33,35,50-51H,9-10,13-19,21-23H2,1-5H3,(H2,42,53)(H,43,44)(H,45,54)(H,46,57)(H,47,55)(H,48,56)(H2,58,59,60)/t26?,29-,30+,31+,32+,33+,35+/m1/s1. The van der Waals surface area contributed by atoms with Crippen LogP contribution in [0.1, 0.15) is 78.0 Å². The number of aromatic amines is 1. The van der Waals surface area contributed by atoms with Crippen molar-refractivity contribution in [3.63, 3.8) is 0 Å². The van der Waals surface area contributed by atoms with Gasteiger partial charge in [0.1, 0.15) is 30.2 Å². The van der Waals surface area contributed by atoms with Gasteiger partial charge in [0.15, 0.2) is 0 Å². The van der Waals surface area contributed by atoms with Gasteiger partial charge in [-0.15, -0.1) is 0 Å². The number of aliphatic hydroxyl groups excluding tert-OH is 2. The van der Waals surface area contributed by atoms with Gasteiger partial charge < -0.3 is 66.4 Å². The zero-order chi connectivity index (χ0) is 47.6. The van der Waals surface area contributed by atoms with E-state index in [0.29, 0.717) is 12.3 Å². The molecule has 0 aliphatic carbocycles. The second kappa shape index (κ2) is 25.6. The number of nitrogens with one attached hydrogen (secondary N) is 5. The number of ether oxygens (including phenoxy) is 2. The van der Waals surface area contributed by atoms with E-state index in [1.165, 1.54) is 23.0 Å². The molecule has 64 heavy (non-hydrogen) atoms. The van der Waals surface area contributed by atoms with E-state index >= 15 is 0 Å². The molecule has 2 heterocycles. The van der Waals surface area contributed by atoms with E-state index in [4.69, 9.17) is 25.0 Å². The minimum absolute atomic E-state index is 0.0188. The Bertz CT molecular complexity index is 1870. The van der Waals surface area contributed by atoms with Crippen LogP contribution in [0.25, 0.3) is 0 Å². The summed E-state index contributed by atoms with van der Waals surface area (Å²) in [6.07, 6.45) is 3.04. The maximum absolute atomic E-state index is 14.2. The molecule has 3 rings (SSSR count). The van der Waals surface area contributed by atoms with Crippen molar-refractivity contribution in [2.24, 2.45) is 11.7 Å². The summed E-state index contributed by atoms with van der Waals surface area (Å²) in [5, 5.41) is 29.5. The first-order chi connectivity index (χ1) is 30.1. The number of nitrogens with zero attached hydrogens (tertiary/aromatic N) is 2. The van der Waals surface area contributed by atoms with Crippen molar-refractivity contribution in [2.75, 3.05) is 33.0 Å². The molecule has 2 aromatic rings. The first-order valence-electron chi connectivity index (χ1n) is 21.2. The van der Waals surface area contributed by atoms with Gasteiger partial charge in [-0.1, -0.05) is 44.2 Å². The molecule has 1 aliphatic heterocycles. The SMILES string of the molecule is CC(C)C[C@H](NC(=O)[C@@H]1C[C@@H](OCCCCc2ccccc2)CN1C(=O)CCOC(C)(C)CO)C(=O)N[C@@H](Cc1cnc[nH]1)C(=O)N[C@@H](CO)C(=O)N[C@H](C(N)=O)C(C)OP(=O)(O)O. The van der Waals surface area contributed by atoms with E-state index < -0.39 is 97.9 Å². The molecular formula is C41H65N8O14P. The summed E-state index contributed by atoms with van der Waals surface area (Å²) < 4.78 is 27.7. The van der Waals surface area contributed by atoms with E-state index in [1.807, 2.05) is 32.0 Å². The molecule has 0 bridgehead atoms. The van der Waals surface area contributed by atoms with Gasteiger partial charge in [-0.05, 0) is 57.9 Å². The molecule has 11 N–H and O–H groups in total. The Balaban J connectivity index is 1.78. The van der Waals surface area contributed by atoms with Gasteiger partial charge in [0, 0.05) is 37.9 Å².